The summed E-state index contributed by atoms with van der Waals surface area (Å²) in [4.78, 5) is 2.48. The second kappa shape index (κ2) is 11.5. The lowest BCUT2D eigenvalue weighted by Crippen LogP contribution is -2.12. The minimum absolute atomic E-state index is 1.11. The Balaban J connectivity index is 1.27. The van der Waals surface area contributed by atoms with Gasteiger partial charge in [0.25, 0.3) is 0 Å². The van der Waals surface area contributed by atoms with Crippen LogP contribution in [0.3, 0.4) is 0 Å². The van der Waals surface area contributed by atoms with Crippen LogP contribution >= 0.6 is 0 Å². The molecule has 0 atom stereocenters. The maximum Gasteiger partial charge on any atom is 0.0619 e. The Kier molecular flexibility index (Phi) is 6.53. The van der Waals surface area contributed by atoms with Crippen molar-refractivity contribution in [2.24, 2.45) is 0 Å². The zero-order valence-corrected chi connectivity index (χ0v) is 27.4. The molecule has 0 aliphatic carbocycles. The van der Waals surface area contributed by atoms with Gasteiger partial charge in [0, 0.05) is 38.3 Å². The summed E-state index contributed by atoms with van der Waals surface area (Å²) in [6.45, 7) is 0. The van der Waals surface area contributed by atoms with Crippen molar-refractivity contribution in [2.75, 3.05) is 4.90 Å². The van der Waals surface area contributed by atoms with Crippen molar-refractivity contribution in [3.05, 3.63) is 194 Å². The SMILES string of the molecule is c1ccc(-c2c3ccccc3c(N(c3ccc(-n4c5ccccc5c5ccccc54)cc3)c3cccc4ccccc34)c3ccccc23)cc1. The number of hydrogen-bond acceptors (Lipinski definition) is 1. The van der Waals surface area contributed by atoms with E-state index in [0.29, 0.717) is 0 Å². The quantitative estimate of drug-likeness (QED) is 0.171. The van der Waals surface area contributed by atoms with E-state index in [1.165, 1.54) is 70.9 Å². The van der Waals surface area contributed by atoms with Gasteiger partial charge in [0.15, 0.2) is 0 Å². The predicted octanol–water partition coefficient (Wildman–Crippen LogP) is 13.4. The number of aromatic nitrogens is 1. The first kappa shape index (κ1) is 28.4. The third-order valence-corrected chi connectivity index (χ3v) is 10.1. The Morgan fingerprint density at radius 2 is 0.820 bits per heavy atom. The minimum atomic E-state index is 1.11. The summed E-state index contributed by atoms with van der Waals surface area (Å²) in [5.74, 6) is 0. The molecule has 234 valence electrons. The van der Waals surface area contributed by atoms with Crippen LogP contribution < -0.4 is 4.90 Å². The van der Waals surface area contributed by atoms with Crippen LogP contribution in [-0.2, 0) is 0 Å². The fourth-order valence-electron chi connectivity index (χ4n) is 8.01. The molecule has 0 spiro atoms. The first-order chi connectivity index (χ1) is 24.8. The number of nitrogens with zero attached hydrogens (tertiary/aromatic N) is 2. The van der Waals surface area contributed by atoms with Crippen LogP contribution in [0, 0.1) is 0 Å². The van der Waals surface area contributed by atoms with Crippen molar-refractivity contribution in [2.45, 2.75) is 0 Å². The van der Waals surface area contributed by atoms with Gasteiger partial charge in [0.05, 0.1) is 22.4 Å². The molecule has 10 aromatic rings. The van der Waals surface area contributed by atoms with Gasteiger partial charge in [-0.25, -0.2) is 0 Å². The summed E-state index contributed by atoms with van der Waals surface area (Å²) in [6.07, 6.45) is 0. The van der Waals surface area contributed by atoms with Crippen molar-refractivity contribution in [1.29, 1.82) is 0 Å². The van der Waals surface area contributed by atoms with E-state index in [2.05, 4.69) is 204 Å². The van der Waals surface area contributed by atoms with E-state index in [-0.39, 0.29) is 0 Å². The molecule has 2 nitrogen and oxygen atoms in total. The monoisotopic (exact) mass is 636 g/mol. The van der Waals surface area contributed by atoms with E-state index in [0.717, 1.165) is 17.1 Å². The van der Waals surface area contributed by atoms with Crippen molar-refractivity contribution < 1.29 is 0 Å². The Hall–Kier alpha value is -6.64. The number of benzene rings is 9. The van der Waals surface area contributed by atoms with E-state index in [4.69, 9.17) is 0 Å². The summed E-state index contributed by atoms with van der Waals surface area (Å²) >= 11 is 0. The molecule has 0 fully saturated rings. The fraction of sp³-hybridized carbons (Fsp3) is 0. The normalized spacial score (nSPS) is 11.6. The van der Waals surface area contributed by atoms with Crippen LogP contribution in [0.4, 0.5) is 17.1 Å². The van der Waals surface area contributed by atoms with Gasteiger partial charge in [-0.15, -0.1) is 0 Å². The smallest absolute Gasteiger partial charge is 0.0619 e. The maximum atomic E-state index is 2.48. The highest BCUT2D eigenvalue weighted by atomic mass is 15.1. The van der Waals surface area contributed by atoms with Gasteiger partial charge in [-0.05, 0) is 69.8 Å². The summed E-state index contributed by atoms with van der Waals surface area (Å²) < 4.78 is 2.39. The van der Waals surface area contributed by atoms with Crippen LogP contribution in [0.15, 0.2) is 194 Å². The minimum Gasteiger partial charge on any atom is -0.309 e. The van der Waals surface area contributed by atoms with Gasteiger partial charge in [-0.1, -0.05) is 152 Å². The van der Waals surface area contributed by atoms with Crippen molar-refractivity contribution in [3.63, 3.8) is 0 Å². The number of para-hydroxylation sites is 2. The van der Waals surface area contributed by atoms with Crippen molar-refractivity contribution in [3.8, 4) is 16.8 Å². The number of fused-ring (bicyclic) bond motifs is 6. The molecule has 0 unspecified atom stereocenters. The summed E-state index contributed by atoms with van der Waals surface area (Å²) in [7, 11) is 0. The predicted molar refractivity (Wildman–Crippen MR) is 213 cm³/mol. The first-order valence-electron chi connectivity index (χ1n) is 17.2. The second-order valence-corrected chi connectivity index (χ2v) is 12.9. The average molecular weight is 637 g/mol. The summed E-state index contributed by atoms with van der Waals surface area (Å²) in [5, 5.41) is 9.85. The van der Waals surface area contributed by atoms with Gasteiger partial charge in [0.1, 0.15) is 0 Å². The molecule has 0 bridgehead atoms. The lowest BCUT2D eigenvalue weighted by molar-refractivity contribution is 1.18. The summed E-state index contributed by atoms with van der Waals surface area (Å²) in [5.41, 5.74) is 9.47. The Labute approximate surface area is 290 Å². The van der Waals surface area contributed by atoms with Crippen LogP contribution in [-0.4, -0.2) is 4.57 Å². The molecule has 0 radical (unpaired) electrons. The molecule has 10 rings (SSSR count). The van der Waals surface area contributed by atoms with Crippen LogP contribution in [0.2, 0.25) is 0 Å². The highest BCUT2D eigenvalue weighted by Gasteiger charge is 2.23. The zero-order valence-electron chi connectivity index (χ0n) is 27.4. The molecular weight excluding hydrogens is 605 g/mol. The highest BCUT2D eigenvalue weighted by molar-refractivity contribution is 6.23. The molecule has 0 saturated carbocycles. The molecule has 0 aliphatic heterocycles. The molecule has 9 aromatic carbocycles. The number of hydrogen-bond donors (Lipinski definition) is 0. The number of anilines is 3. The van der Waals surface area contributed by atoms with E-state index in [9.17, 15) is 0 Å². The highest BCUT2D eigenvalue weighted by Crippen LogP contribution is 2.49. The zero-order chi connectivity index (χ0) is 33.0. The lowest BCUT2D eigenvalue weighted by Gasteiger charge is -2.30. The molecule has 0 saturated heterocycles. The van der Waals surface area contributed by atoms with Gasteiger partial charge in [-0.3, -0.25) is 0 Å². The molecule has 1 aromatic heterocycles. The van der Waals surface area contributed by atoms with E-state index in [1.807, 2.05) is 0 Å². The van der Waals surface area contributed by atoms with Gasteiger partial charge in [-0.2, -0.15) is 0 Å². The molecule has 1 heterocycles. The van der Waals surface area contributed by atoms with Gasteiger partial charge in [0.2, 0.25) is 0 Å². The van der Waals surface area contributed by atoms with Gasteiger partial charge >= 0.3 is 0 Å². The van der Waals surface area contributed by atoms with E-state index < -0.39 is 0 Å². The van der Waals surface area contributed by atoms with Crippen molar-refractivity contribution in [1.82, 2.24) is 4.57 Å². The molecule has 0 aliphatic rings. The molecule has 0 N–H and O–H groups in total. The standard InChI is InChI=1S/C48H32N2/c1-2-16-34(17-3-1)47-40-22-6-8-24-42(40)48(43-25-9-7-23-41(43)47)50(44-28-14-18-33-15-4-5-19-37(33)44)36-31-29-35(30-32-36)49-45-26-12-10-20-38(45)39-21-11-13-27-46(39)49/h1-32H. The van der Waals surface area contributed by atoms with Crippen LogP contribution in [0.5, 0.6) is 0 Å². The number of rotatable bonds is 5. The Morgan fingerprint density at radius 3 is 1.44 bits per heavy atom. The Bertz CT molecular complexity index is 2750. The molecule has 2 heteroatoms. The maximum absolute atomic E-state index is 2.48. The third kappa shape index (κ3) is 4.36. The topological polar surface area (TPSA) is 8.17 Å². The van der Waals surface area contributed by atoms with E-state index in [1.54, 1.807) is 0 Å². The summed E-state index contributed by atoms with van der Waals surface area (Å²) in [6, 6.07) is 70.5. The average Bonchev–Trinajstić information content (AvgIpc) is 3.53. The molecular formula is C48H32N2. The van der Waals surface area contributed by atoms with Gasteiger partial charge < -0.3 is 9.47 Å². The van der Waals surface area contributed by atoms with Crippen molar-refractivity contribution >= 4 is 71.2 Å². The first-order valence-corrected chi connectivity index (χ1v) is 17.2. The Morgan fingerprint density at radius 1 is 0.340 bits per heavy atom. The fourth-order valence-corrected chi connectivity index (χ4v) is 8.01. The molecule has 50 heavy (non-hydrogen) atoms. The largest absolute Gasteiger partial charge is 0.309 e. The third-order valence-electron chi connectivity index (χ3n) is 10.1. The second-order valence-electron chi connectivity index (χ2n) is 12.9. The van der Waals surface area contributed by atoms with Crippen LogP contribution in [0.1, 0.15) is 0 Å². The molecule has 0 amide bonds. The van der Waals surface area contributed by atoms with Crippen LogP contribution in [0.25, 0.3) is 70.9 Å². The van der Waals surface area contributed by atoms with E-state index >= 15 is 0 Å². The lowest BCUT2D eigenvalue weighted by atomic mass is 9.89.